The topological polar surface area (TPSA) is 91.6 Å². The quantitative estimate of drug-likeness (QED) is 0.458. The SMILES string of the molecule is COc1c(-c2ccc(N3CCN(C)C3=O)cc2)cccc1-c1cc(N2CCN(C(=O)OC(C)(C)C)CC2)no1. The first-order chi connectivity index (χ1) is 18.6. The minimum absolute atomic E-state index is 0.00899. The number of piperazine rings is 1. The molecule has 0 bridgehead atoms. The summed E-state index contributed by atoms with van der Waals surface area (Å²) in [5, 5.41) is 4.31. The zero-order valence-electron chi connectivity index (χ0n) is 23.1. The number of amides is 3. The Morgan fingerprint density at radius 2 is 1.64 bits per heavy atom. The van der Waals surface area contributed by atoms with Crippen molar-refractivity contribution in [3.05, 3.63) is 48.5 Å². The molecule has 5 rings (SSSR count). The van der Waals surface area contributed by atoms with Gasteiger partial charge in [0.1, 0.15) is 11.4 Å². The third-order valence-corrected chi connectivity index (χ3v) is 6.94. The predicted octanol–water partition coefficient (Wildman–Crippen LogP) is 4.95. The summed E-state index contributed by atoms with van der Waals surface area (Å²) in [5.74, 6) is 1.99. The average molecular weight is 534 g/mol. The summed E-state index contributed by atoms with van der Waals surface area (Å²) in [6.07, 6.45) is -0.294. The summed E-state index contributed by atoms with van der Waals surface area (Å²) < 4.78 is 17.1. The molecule has 2 saturated heterocycles. The van der Waals surface area contributed by atoms with E-state index in [4.69, 9.17) is 14.0 Å². The summed E-state index contributed by atoms with van der Waals surface area (Å²) in [6.45, 7) is 9.35. The predicted molar refractivity (Wildman–Crippen MR) is 149 cm³/mol. The van der Waals surface area contributed by atoms with Crippen molar-refractivity contribution >= 4 is 23.6 Å². The van der Waals surface area contributed by atoms with Crippen LogP contribution < -0.4 is 14.5 Å². The second kappa shape index (κ2) is 10.5. The van der Waals surface area contributed by atoms with Gasteiger partial charge in [-0.1, -0.05) is 29.4 Å². The number of anilines is 2. The van der Waals surface area contributed by atoms with Crippen LogP contribution in [-0.2, 0) is 4.74 Å². The lowest BCUT2D eigenvalue weighted by atomic mass is 9.99. The maximum absolute atomic E-state index is 12.4. The molecule has 3 amide bonds. The average Bonchev–Trinajstić information content (AvgIpc) is 3.54. The van der Waals surface area contributed by atoms with E-state index in [0.717, 1.165) is 28.9 Å². The van der Waals surface area contributed by atoms with Gasteiger partial charge in [0.25, 0.3) is 0 Å². The molecule has 0 N–H and O–H groups in total. The Bertz CT molecular complexity index is 1340. The van der Waals surface area contributed by atoms with Crippen molar-refractivity contribution in [3.8, 4) is 28.2 Å². The fraction of sp³-hybridized carbons (Fsp3) is 0.414. The Morgan fingerprint density at radius 1 is 0.949 bits per heavy atom. The van der Waals surface area contributed by atoms with Crippen LogP contribution in [0.5, 0.6) is 5.75 Å². The van der Waals surface area contributed by atoms with E-state index in [-0.39, 0.29) is 12.1 Å². The van der Waals surface area contributed by atoms with Crippen molar-refractivity contribution in [2.45, 2.75) is 26.4 Å². The molecule has 3 aromatic rings. The Morgan fingerprint density at radius 3 is 2.26 bits per heavy atom. The number of likely N-dealkylation sites (N-methyl/N-ethyl adjacent to an activating group) is 1. The van der Waals surface area contributed by atoms with Crippen molar-refractivity contribution in [2.24, 2.45) is 0 Å². The van der Waals surface area contributed by atoms with Gasteiger partial charge in [0.15, 0.2) is 11.6 Å². The number of hydrogen-bond acceptors (Lipinski definition) is 7. The Balaban J connectivity index is 1.32. The van der Waals surface area contributed by atoms with E-state index in [1.807, 2.05) is 76.3 Å². The molecule has 206 valence electrons. The maximum atomic E-state index is 12.4. The molecule has 2 aliphatic rings. The number of urea groups is 1. The molecule has 10 heteroatoms. The lowest BCUT2D eigenvalue weighted by Crippen LogP contribution is -2.50. The van der Waals surface area contributed by atoms with Crippen molar-refractivity contribution in [3.63, 3.8) is 0 Å². The van der Waals surface area contributed by atoms with Gasteiger partial charge in [-0.15, -0.1) is 0 Å². The van der Waals surface area contributed by atoms with Crippen LogP contribution in [0.3, 0.4) is 0 Å². The lowest BCUT2D eigenvalue weighted by Gasteiger charge is -2.35. The molecule has 0 atom stereocenters. The summed E-state index contributed by atoms with van der Waals surface area (Å²) in [4.78, 5) is 32.1. The molecule has 2 aromatic carbocycles. The summed E-state index contributed by atoms with van der Waals surface area (Å²) in [5.41, 5.74) is 3.02. The van der Waals surface area contributed by atoms with E-state index in [1.165, 1.54) is 0 Å². The molecule has 0 radical (unpaired) electrons. The summed E-state index contributed by atoms with van der Waals surface area (Å²) in [6, 6.07) is 15.7. The van der Waals surface area contributed by atoms with E-state index in [2.05, 4.69) is 10.1 Å². The molecule has 0 spiro atoms. The Hall–Kier alpha value is -4.21. The molecule has 3 heterocycles. The maximum Gasteiger partial charge on any atom is 0.410 e. The molecule has 10 nitrogen and oxygen atoms in total. The second-order valence-electron chi connectivity index (χ2n) is 10.8. The first kappa shape index (κ1) is 26.4. The molecule has 0 unspecified atom stereocenters. The van der Waals surface area contributed by atoms with Crippen LogP contribution in [0.2, 0.25) is 0 Å². The van der Waals surface area contributed by atoms with E-state index < -0.39 is 5.60 Å². The number of hydrogen-bond donors (Lipinski definition) is 0. The van der Waals surface area contributed by atoms with Crippen LogP contribution in [0.4, 0.5) is 21.1 Å². The second-order valence-corrected chi connectivity index (χ2v) is 10.8. The molecule has 1 aromatic heterocycles. The van der Waals surface area contributed by atoms with Crippen molar-refractivity contribution in [1.29, 1.82) is 0 Å². The zero-order chi connectivity index (χ0) is 27.7. The standard InChI is InChI=1S/C29H35N5O5/c1-29(2,3)38-28(36)33-16-14-32(15-17-33)25-19-24(39-30-25)23-8-6-7-22(26(23)37-5)20-9-11-21(12-10-20)34-18-13-31(4)27(34)35/h6-12,19H,13-18H2,1-5H3. The van der Waals surface area contributed by atoms with E-state index in [9.17, 15) is 9.59 Å². The number of carbonyl (C=O) groups excluding carboxylic acids is 2. The Labute approximate surface area is 228 Å². The fourth-order valence-electron chi connectivity index (χ4n) is 4.87. The number of ether oxygens (including phenoxy) is 2. The van der Waals surface area contributed by atoms with Crippen LogP contribution in [-0.4, -0.2) is 86.1 Å². The van der Waals surface area contributed by atoms with Crippen molar-refractivity contribution < 1.29 is 23.6 Å². The number of nitrogens with zero attached hydrogens (tertiary/aromatic N) is 5. The number of para-hydroxylation sites is 1. The zero-order valence-corrected chi connectivity index (χ0v) is 23.1. The first-order valence-corrected chi connectivity index (χ1v) is 13.1. The fourth-order valence-corrected chi connectivity index (χ4v) is 4.87. The van der Waals surface area contributed by atoms with Crippen molar-refractivity contribution in [2.75, 3.05) is 63.2 Å². The van der Waals surface area contributed by atoms with Gasteiger partial charge in [-0.3, -0.25) is 4.90 Å². The minimum Gasteiger partial charge on any atom is -0.495 e. The molecule has 2 aliphatic heterocycles. The third kappa shape index (κ3) is 5.50. The number of rotatable bonds is 5. The van der Waals surface area contributed by atoms with Gasteiger partial charge in [0.2, 0.25) is 0 Å². The van der Waals surface area contributed by atoms with Crippen LogP contribution in [0.25, 0.3) is 22.5 Å². The lowest BCUT2D eigenvalue weighted by molar-refractivity contribution is 0.0240. The van der Waals surface area contributed by atoms with Gasteiger partial charge >= 0.3 is 12.1 Å². The highest BCUT2D eigenvalue weighted by Gasteiger charge is 2.28. The van der Waals surface area contributed by atoms with Gasteiger partial charge in [-0.2, -0.15) is 0 Å². The van der Waals surface area contributed by atoms with Gasteiger partial charge in [0.05, 0.1) is 12.7 Å². The Kier molecular flexibility index (Phi) is 7.12. The monoisotopic (exact) mass is 533 g/mol. The molecule has 2 fully saturated rings. The third-order valence-electron chi connectivity index (χ3n) is 6.94. The van der Waals surface area contributed by atoms with E-state index >= 15 is 0 Å². The van der Waals surface area contributed by atoms with Gasteiger partial charge in [0, 0.05) is 63.6 Å². The summed E-state index contributed by atoms with van der Waals surface area (Å²) >= 11 is 0. The van der Waals surface area contributed by atoms with Crippen LogP contribution in [0.15, 0.2) is 53.1 Å². The molecule has 0 saturated carbocycles. The minimum atomic E-state index is -0.519. The van der Waals surface area contributed by atoms with Crippen LogP contribution in [0, 0.1) is 0 Å². The van der Waals surface area contributed by atoms with E-state index in [0.29, 0.717) is 50.1 Å². The highest BCUT2D eigenvalue weighted by molar-refractivity contribution is 5.94. The molecular formula is C29H35N5O5. The highest BCUT2D eigenvalue weighted by Crippen LogP contribution is 2.40. The van der Waals surface area contributed by atoms with E-state index in [1.54, 1.807) is 21.8 Å². The van der Waals surface area contributed by atoms with Crippen LogP contribution in [0.1, 0.15) is 20.8 Å². The van der Waals surface area contributed by atoms with Crippen LogP contribution >= 0.6 is 0 Å². The summed E-state index contributed by atoms with van der Waals surface area (Å²) in [7, 11) is 3.45. The first-order valence-electron chi connectivity index (χ1n) is 13.1. The number of methoxy groups -OCH3 is 1. The normalized spacial score (nSPS) is 16.2. The van der Waals surface area contributed by atoms with Crippen molar-refractivity contribution in [1.82, 2.24) is 15.0 Å². The molecule has 39 heavy (non-hydrogen) atoms. The van der Waals surface area contributed by atoms with Gasteiger partial charge in [-0.25, -0.2) is 9.59 Å². The largest absolute Gasteiger partial charge is 0.495 e. The van der Waals surface area contributed by atoms with Gasteiger partial charge < -0.3 is 28.7 Å². The highest BCUT2D eigenvalue weighted by atomic mass is 16.6. The van der Waals surface area contributed by atoms with Gasteiger partial charge in [-0.05, 0) is 44.5 Å². The number of carbonyl (C=O) groups is 2. The number of aromatic nitrogens is 1. The smallest absolute Gasteiger partial charge is 0.410 e. The molecular weight excluding hydrogens is 498 g/mol. The number of benzene rings is 2. The molecule has 0 aliphatic carbocycles.